The largest absolute Gasteiger partial charge is 0.445 e. The molecule has 0 radical (unpaired) electrons. The SMILES string of the molecule is CN=C(c1nonc1[N+](=O)[O-])N(C(=O)OS)c1ccc(F)c(Br)c1. The Morgan fingerprint density at radius 3 is 2.79 bits per heavy atom. The lowest BCUT2D eigenvalue weighted by molar-refractivity contribution is -0.391. The highest BCUT2D eigenvalue weighted by Crippen LogP contribution is 2.27. The first-order valence-electron chi connectivity index (χ1n) is 5.95. The predicted octanol–water partition coefficient (Wildman–Crippen LogP) is 2.74. The molecule has 13 heteroatoms. The molecule has 1 aromatic heterocycles. The van der Waals surface area contributed by atoms with Crippen LogP contribution in [0.25, 0.3) is 0 Å². The lowest BCUT2D eigenvalue weighted by Gasteiger charge is -2.20. The molecule has 2 aromatic rings. The number of hydrogen-bond acceptors (Lipinski definition) is 9. The Labute approximate surface area is 147 Å². The van der Waals surface area contributed by atoms with Crippen LogP contribution in [0.1, 0.15) is 5.69 Å². The maximum atomic E-state index is 13.4. The van der Waals surface area contributed by atoms with Gasteiger partial charge in [-0.3, -0.25) is 4.99 Å². The van der Waals surface area contributed by atoms with Crippen LogP contribution in [0.2, 0.25) is 0 Å². The second kappa shape index (κ2) is 7.35. The van der Waals surface area contributed by atoms with Crippen LogP contribution < -0.4 is 4.90 Å². The zero-order chi connectivity index (χ0) is 17.9. The van der Waals surface area contributed by atoms with Crippen molar-refractivity contribution >= 4 is 52.3 Å². The van der Waals surface area contributed by atoms with Gasteiger partial charge in [-0.15, -0.1) is 4.63 Å². The van der Waals surface area contributed by atoms with E-state index in [2.05, 4.69) is 53.0 Å². The average Bonchev–Trinajstić information content (AvgIpc) is 3.04. The van der Waals surface area contributed by atoms with Crippen LogP contribution in [0.4, 0.5) is 20.7 Å². The molecule has 126 valence electrons. The molecule has 0 N–H and O–H groups in total. The maximum Gasteiger partial charge on any atom is 0.445 e. The zero-order valence-corrected chi connectivity index (χ0v) is 14.2. The van der Waals surface area contributed by atoms with Gasteiger partial charge in [0.2, 0.25) is 0 Å². The quantitative estimate of drug-likeness (QED) is 0.202. The van der Waals surface area contributed by atoms with Crippen LogP contribution in [0.15, 0.2) is 32.3 Å². The van der Waals surface area contributed by atoms with Crippen molar-refractivity contribution in [2.24, 2.45) is 4.99 Å². The minimum atomic E-state index is -1.06. The predicted molar refractivity (Wildman–Crippen MR) is 85.5 cm³/mol. The fourth-order valence-electron chi connectivity index (χ4n) is 1.74. The Hall–Kier alpha value is -2.54. The summed E-state index contributed by atoms with van der Waals surface area (Å²) in [5.41, 5.74) is -0.332. The topological polar surface area (TPSA) is 124 Å². The number of amides is 1. The van der Waals surface area contributed by atoms with Gasteiger partial charge in [0.05, 0.1) is 10.2 Å². The monoisotopic (exact) mass is 419 g/mol. The van der Waals surface area contributed by atoms with Gasteiger partial charge < -0.3 is 14.3 Å². The highest BCUT2D eigenvalue weighted by atomic mass is 79.9. The number of rotatable bonds is 3. The Kier molecular flexibility index (Phi) is 5.46. The summed E-state index contributed by atoms with van der Waals surface area (Å²) < 4.78 is 22.2. The molecule has 0 saturated carbocycles. The van der Waals surface area contributed by atoms with Crippen molar-refractivity contribution in [3.8, 4) is 0 Å². The van der Waals surface area contributed by atoms with Crippen LogP contribution >= 0.6 is 28.8 Å². The third-order valence-corrected chi connectivity index (χ3v) is 3.47. The summed E-state index contributed by atoms with van der Waals surface area (Å²) in [6.07, 6.45) is -1.06. The minimum Gasteiger partial charge on any atom is -0.378 e. The van der Waals surface area contributed by atoms with Crippen LogP contribution in [0.5, 0.6) is 0 Å². The van der Waals surface area contributed by atoms with Crippen molar-refractivity contribution in [3.05, 3.63) is 44.3 Å². The molecular weight excluding hydrogens is 413 g/mol. The number of aliphatic imine (C=N–C) groups is 1. The van der Waals surface area contributed by atoms with Gasteiger partial charge in [0.15, 0.2) is 11.0 Å². The lowest BCUT2D eigenvalue weighted by Crippen LogP contribution is -2.37. The number of nitro groups is 1. The summed E-state index contributed by atoms with van der Waals surface area (Å²) in [5, 5.41) is 17.5. The molecule has 1 amide bonds. The summed E-state index contributed by atoms with van der Waals surface area (Å²) in [6.45, 7) is 0. The van der Waals surface area contributed by atoms with Crippen LogP contribution in [0, 0.1) is 15.9 Å². The number of halogens is 2. The van der Waals surface area contributed by atoms with E-state index < -0.39 is 28.3 Å². The number of benzene rings is 1. The fraction of sp³-hybridized carbons (Fsp3) is 0.0909. The van der Waals surface area contributed by atoms with E-state index in [0.29, 0.717) is 0 Å². The highest BCUT2D eigenvalue weighted by molar-refractivity contribution is 9.10. The summed E-state index contributed by atoms with van der Waals surface area (Å²) in [4.78, 5) is 26.8. The number of thiol groups is 1. The Bertz CT molecular complexity index is 829. The fourth-order valence-corrected chi connectivity index (χ4v) is 2.18. The van der Waals surface area contributed by atoms with Gasteiger partial charge in [-0.05, 0) is 44.2 Å². The maximum absolute atomic E-state index is 13.4. The minimum absolute atomic E-state index is 0.0418. The van der Waals surface area contributed by atoms with Crippen LogP contribution in [-0.4, -0.2) is 34.2 Å². The first-order valence-corrected chi connectivity index (χ1v) is 7.11. The Morgan fingerprint density at radius 2 is 2.25 bits per heavy atom. The van der Waals surface area contributed by atoms with Crippen LogP contribution in [0.3, 0.4) is 0 Å². The van der Waals surface area contributed by atoms with Gasteiger partial charge in [0.25, 0.3) is 5.69 Å². The second-order valence-corrected chi connectivity index (χ2v) is 5.07. The van der Waals surface area contributed by atoms with Crippen molar-refractivity contribution in [1.82, 2.24) is 10.3 Å². The van der Waals surface area contributed by atoms with E-state index >= 15 is 0 Å². The molecule has 0 aliphatic rings. The molecule has 0 saturated heterocycles. The molecule has 2 rings (SSSR count). The van der Waals surface area contributed by atoms with Crippen molar-refractivity contribution < 1.29 is 22.9 Å². The molecule has 0 unspecified atom stereocenters. The third kappa shape index (κ3) is 3.35. The smallest absolute Gasteiger partial charge is 0.378 e. The molecular formula is C11H7BrFN5O5S. The van der Waals surface area contributed by atoms with Gasteiger partial charge in [-0.1, -0.05) is 0 Å². The summed E-state index contributed by atoms with van der Waals surface area (Å²) in [7, 11) is 1.26. The number of nitrogens with zero attached hydrogens (tertiary/aromatic N) is 5. The molecule has 10 nitrogen and oxygen atoms in total. The second-order valence-electron chi connectivity index (χ2n) is 4.03. The molecule has 0 spiro atoms. The lowest BCUT2D eigenvalue weighted by atomic mass is 10.2. The van der Waals surface area contributed by atoms with E-state index in [1.807, 2.05) is 0 Å². The van der Waals surface area contributed by atoms with E-state index in [1.54, 1.807) is 0 Å². The van der Waals surface area contributed by atoms with E-state index in [-0.39, 0.29) is 16.0 Å². The summed E-state index contributed by atoms with van der Waals surface area (Å²) in [5.74, 6) is -1.64. The summed E-state index contributed by atoms with van der Waals surface area (Å²) >= 11 is 6.40. The molecule has 0 aliphatic carbocycles. The number of amidine groups is 1. The van der Waals surface area contributed by atoms with Crippen molar-refractivity contribution in [3.63, 3.8) is 0 Å². The number of carbonyl (C=O) groups excluding carboxylic acids is 1. The number of hydrogen-bond donors (Lipinski definition) is 1. The standard InChI is InChI=1S/C11H7BrFN5O5S/c1-14-9(8-10(18(20)21)16-23-15-8)17(11(19)22-24)5-2-3-7(13)6(12)4-5/h2-4,24H,1H3. The molecule has 1 aromatic carbocycles. The van der Waals surface area contributed by atoms with Crippen molar-refractivity contribution in [2.75, 3.05) is 11.9 Å². The zero-order valence-electron chi connectivity index (χ0n) is 11.7. The highest BCUT2D eigenvalue weighted by Gasteiger charge is 2.34. The van der Waals surface area contributed by atoms with E-state index in [0.717, 1.165) is 11.0 Å². The van der Waals surface area contributed by atoms with Crippen LogP contribution in [-0.2, 0) is 4.18 Å². The van der Waals surface area contributed by atoms with Crippen molar-refractivity contribution in [1.29, 1.82) is 0 Å². The molecule has 1 heterocycles. The van der Waals surface area contributed by atoms with E-state index in [1.165, 1.54) is 19.2 Å². The molecule has 0 atom stereocenters. The van der Waals surface area contributed by atoms with Gasteiger partial charge in [-0.25, -0.2) is 14.1 Å². The van der Waals surface area contributed by atoms with Gasteiger partial charge in [0, 0.05) is 20.0 Å². The van der Waals surface area contributed by atoms with Crippen molar-refractivity contribution in [2.45, 2.75) is 0 Å². The van der Waals surface area contributed by atoms with E-state index in [4.69, 9.17) is 0 Å². The first-order chi connectivity index (χ1) is 11.4. The molecule has 24 heavy (non-hydrogen) atoms. The summed E-state index contributed by atoms with van der Waals surface area (Å²) in [6, 6.07) is 3.54. The first kappa shape index (κ1) is 17.8. The molecule has 0 aliphatic heterocycles. The molecule has 0 fully saturated rings. The number of aromatic nitrogens is 2. The molecule has 0 bridgehead atoms. The number of carbonyl (C=O) groups is 1. The van der Waals surface area contributed by atoms with Gasteiger partial charge in [0.1, 0.15) is 5.82 Å². The van der Waals surface area contributed by atoms with Gasteiger partial charge >= 0.3 is 11.9 Å². The third-order valence-electron chi connectivity index (χ3n) is 2.70. The Morgan fingerprint density at radius 1 is 1.54 bits per heavy atom. The Balaban J connectivity index is 2.61. The van der Waals surface area contributed by atoms with E-state index in [9.17, 15) is 19.3 Å². The van der Waals surface area contributed by atoms with Gasteiger partial charge in [-0.2, -0.15) is 0 Å². The average molecular weight is 420 g/mol. The normalized spacial score (nSPS) is 11.2. The number of anilines is 1.